The fourth-order valence-electron chi connectivity index (χ4n) is 1.29. The summed E-state index contributed by atoms with van der Waals surface area (Å²) in [7, 11) is 0. The first-order valence-electron chi connectivity index (χ1n) is 5.10. The predicted octanol–water partition coefficient (Wildman–Crippen LogP) is 3.48. The lowest BCUT2D eigenvalue weighted by Crippen LogP contribution is -1.97. The van der Waals surface area contributed by atoms with Crippen LogP contribution in [-0.2, 0) is 0 Å². The van der Waals surface area contributed by atoms with Crippen molar-refractivity contribution in [1.29, 1.82) is 0 Å². The molecule has 0 atom stereocenters. The third kappa shape index (κ3) is 2.46. The highest BCUT2D eigenvalue weighted by Gasteiger charge is 2.08. The molecule has 4 heteroatoms. The van der Waals surface area contributed by atoms with E-state index in [2.05, 4.69) is 10.3 Å². The van der Waals surface area contributed by atoms with Gasteiger partial charge in [-0.15, -0.1) is 11.3 Å². The molecule has 0 aliphatic rings. The normalized spacial score (nSPS) is 10.1. The smallest absolute Gasteiger partial charge is 0.187 e. The molecular formula is C12H12N2OS. The minimum absolute atomic E-state index is 0.0809. The van der Waals surface area contributed by atoms with Gasteiger partial charge in [-0.05, 0) is 12.1 Å². The molecular weight excluding hydrogens is 220 g/mol. The number of hydrogen-bond donors (Lipinski definition) is 1. The number of carbonyl (C=O) groups excluding carboxylic acids is 1. The molecule has 0 aliphatic heterocycles. The van der Waals surface area contributed by atoms with Crippen molar-refractivity contribution in [2.45, 2.75) is 13.3 Å². The van der Waals surface area contributed by atoms with Crippen molar-refractivity contribution in [2.24, 2.45) is 0 Å². The van der Waals surface area contributed by atoms with E-state index in [-0.39, 0.29) is 5.78 Å². The SMILES string of the molecule is CCC(=O)c1csc(Nc2ccccc2)n1. The van der Waals surface area contributed by atoms with Crippen LogP contribution in [0.2, 0.25) is 0 Å². The summed E-state index contributed by atoms with van der Waals surface area (Å²) in [5.41, 5.74) is 1.53. The van der Waals surface area contributed by atoms with Gasteiger partial charge in [0.2, 0.25) is 0 Å². The summed E-state index contributed by atoms with van der Waals surface area (Å²) >= 11 is 1.45. The van der Waals surface area contributed by atoms with E-state index in [0.29, 0.717) is 12.1 Å². The predicted molar refractivity (Wildman–Crippen MR) is 66.5 cm³/mol. The summed E-state index contributed by atoms with van der Waals surface area (Å²) in [4.78, 5) is 15.6. The Hall–Kier alpha value is -1.68. The molecule has 2 rings (SSSR count). The van der Waals surface area contributed by atoms with Gasteiger partial charge in [0.25, 0.3) is 0 Å². The van der Waals surface area contributed by atoms with Gasteiger partial charge in [0.15, 0.2) is 10.9 Å². The van der Waals surface area contributed by atoms with E-state index in [1.54, 1.807) is 5.38 Å². The fraction of sp³-hybridized carbons (Fsp3) is 0.167. The number of aromatic nitrogens is 1. The maximum Gasteiger partial charge on any atom is 0.187 e. The van der Waals surface area contributed by atoms with Crippen molar-refractivity contribution < 1.29 is 4.79 Å². The molecule has 0 fully saturated rings. The molecule has 0 saturated heterocycles. The minimum Gasteiger partial charge on any atom is -0.332 e. The van der Waals surface area contributed by atoms with E-state index < -0.39 is 0 Å². The second-order valence-corrected chi connectivity index (χ2v) is 4.16. The summed E-state index contributed by atoms with van der Waals surface area (Å²) in [6.45, 7) is 1.84. The van der Waals surface area contributed by atoms with E-state index in [1.807, 2.05) is 37.3 Å². The van der Waals surface area contributed by atoms with Crippen molar-refractivity contribution in [3.05, 3.63) is 41.4 Å². The van der Waals surface area contributed by atoms with Crippen LogP contribution in [0.4, 0.5) is 10.8 Å². The van der Waals surface area contributed by atoms with Gasteiger partial charge < -0.3 is 5.32 Å². The van der Waals surface area contributed by atoms with Crippen LogP contribution < -0.4 is 5.32 Å². The largest absolute Gasteiger partial charge is 0.332 e. The van der Waals surface area contributed by atoms with Crippen molar-refractivity contribution in [3.8, 4) is 0 Å². The second kappa shape index (κ2) is 4.90. The summed E-state index contributed by atoms with van der Waals surface area (Å²) in [5.74, 6) is 0.0809. The highest BCUT2D eigenvalue weighted by Crippen LogP contribution is 2.21. The van der Waals surface area contributed by atoms with Crippen LogP contribution in [0.3, 0.4) is 0 Å². The van der Waals surface area contributed by atoms with Crippen LogP contribution in [-0.4, -0.2) is 10.8 Å². The number of nitrogens with one attached hydrogen (secondary N) is 1. The number of benzene rings is 1. The quantitative estimate of drug-likeness (QED) is 0.820. The third-order valence-electron chi connectivity index (χ3n) is 2.14. The molecule has 3 nitrogen and oxygen atoms in total. The third-order valence-corrected chi connectivity index (χ3v) is 2.89. The maximum absolute atomic E-state index is 11.4. The van der Waals surface area contributed by atoms with Gasteiger partial charge in [0.05, 0.1) is 0 Å². The first-order valence-corrected chi connectivity index (χ1v) is 5.98. The number of carbonyl (C=O) groups is 1. The Morgan fingerprint density at radius 1 is 1.38 bits per heavy atom. The summed E-state index contributed by atoms with van der Waals surface area (Å²) < 4.78 is 0. The molecule has 1 aromatic heterocycles. The summed E-state index contributed by atoms with van der Waals surface area (Å²) in [6, 6.07) is 9.78. The molecule has 0 aliphatic carbocycles. The second-order valence-electron chi connectivity index (χ2n) is 3.31. The van der Waals surface area contributed by atoms with Crippen molar-refractivity contribution in [3.63, 3.8) is 0 Å². The lowest BCUT2D eigenvalue weighted by Gasteiger charge is -2.00. The molecule has 1 N–H and O–H groups in total. The van der Waals surface area contributed by atoms with Crippen molar-refractivity contribution in [2.75, 3.05) is 5.32 Å². The lowest BCUT2D eigenvalue weighted by molar-refractivity contribution is 0.0984. The van der Waals surface area contributed by atoms with E-state index in [1.165, 1.54) is 11.3 Å². The Morgan fingerprint density at radius 3 is 2.81 bits per heavy atom. The van der Waals surface area contributed by atoms with Crippen LogP contribution >= 0.6 is 11.3 Å². The highest BCUT2D eigenvalue weighted by atomic mass is 32.1. The molecule has 0 bridgehead atoms. The lowest BCUT2D eigenvalue weighted by atomic mass is 10.2. The van der Waals surface area contributed by atoms with Crippen molar-refractivity contribution >= 4 is 27.9 Å². The molecule has 1 aromatic carbocycles. The van der Waals surface area contributed by atoms with Crippen LogP contribution in [0.1, 0.15) is 23.8 Å². The zero-order valence-electron chi connectivity index (χ0n) is 8.93. The van der Waals surface area contributed by atoms with Crippen LogP contribution in [0.25, 0.3) is 0 Å². The van der Waals surface area contributed by atoms with Gasteiger partial charge >= 0.3 is 0 Å². The van der Waals surface area contributed by atoms with Gasteiger partial charge in [-0.3, -0.25) is 4.79 Å². The summed E-state index contributed by atoms with van der Waals surface area (Å²) in [5, 5.41) is 5.70. The van der Waals surface area contributed by atoms with Gasteiger partial charge in [-0.1, -0.05) is 25.1 Å². The Balaban J connectivity index is 2.12. The van der Waals surface area contributed by atoms with Crippen molar-refractivity contribution in [1.82, 2.24) is 4.98 Å². The Bertz CT molecular complexity index is 479. The zero-order chi connectivity index (χ0) is 11.4. The molecule has 0 unspecified atom stereocenters. The maximum atomic E-state index is 11.4. The highest BCUT2D eigenvalue weighted by molar-refractivity contribution is 7.14. The van der Waals surface area contributed by atoms with Crippen LogP contribution in [0.15, 0.2) is 35.7 Å². The minimum atomic E-state index is 0.0809. The molecule has 0 amide bonds. The van der Waals surface area contributed by atoms with Gasteiger partial charge in [0.1, 0.15) is 5.69 Å². The first kappa shape index (κ1) is 10.8. The number of ketones is 1. The number of Topliss-reactive ketones (excluding diaryl/α,β-unsaturated/α-hetero) is 1. The molecule has 0 saturated carbocycles. The number of hydrogen-bond acceptors (Lipinski definition) is 4. The number of anilines is 2. The average molecular weight is 232 g/mol. The molecule has 1 heterocycles. The molecule has 2 aromatic rings. The van der Waals surface area contributed by atoms with E-state index in [4.69, 9.17) is 0 Å². The van der Waals surface area contributed by atoms with Crippen LogP contribution in [0.5, 0.6) is 0 Å². The average Bonchev–Trinajstić information content (AvgIpc) is 2.78. The molecule has 82 valence electrons. The van der Waals surface area contributed by atoms with Gasteiger partial charge in [0, 0.05) is 17.5 Å². The Morgan fingerprint density at radius 2 is 2.12 bits per heavy atom. The fourth-order valence-corrected chi connectivity index (χ4v) is 2.02. The molecule has 0 radical (unpaired) electrons. The number of thiazole rings is 1. The topological polar surface area (TPSA) is 42.0 Å². The Kier molecular flexibility index (Phi) is 3.31. The number of nitrogens with zero attached hydrogens (tertiary/aromatic N) is 1. The molecule has 0 spiro atoms. The standard InChI is InChI=1S/C12H12N2OS/c1-2-11(15)10-8-16-12(14-10)13-9-6-4-3-5-7-9/h3-8H,2H2,1H3,(H,13,14). The van der Waals surface area contributed by atoms with E-state index >= 15 is 0 Å². The Labute approximate surface area is 98.2 Å². The van der Waals surface area contributed by atoms with E-state index in [9.17, 15) is 4.79 Å². The van der Waals surface area contributed by atoms with Gasteiger partial charge in [-0.25, -0.2) is 4.98 Å². The summed E-state index contributed by atoms with van der Waals surface area (Å²) in [6.07, 6.45) is 0.495. The number of para-hydroxylation sites is 1. The zero-order valence-corrected chi connectivity index (χ0v) is 9.75. The van der Waals surface area contributed by atoms with Gasteiger partial charge in [-0.2, -0.15) is 0 Å². The first-order chi connectivity index (χ1) is 7.79. The van der Waals surface area contributed by atoms with E-state index in [0.717, 1.165) is 10.8 Å². The molecule has 16 heavy (non-hydrogen) atoms. The monoisotopic (exact) mass is 232 g/mol. The number of rotatable bonds is 4. The van der Waals surface area contributed by atoms with Crippen LogP contribution in [0, 0.1) is 0 Å².